The van der Waals surface area contributed by atoms with Crippen LogP contribution in [0.3, 0.4) is 0 Å². The highest BCUT2D eigenvalue weighted by Gasteiger charge is 2.30. The van der Waals surface area contributed by atoms with E-state index in [0.717, 1.165) is 21.9 Å². The predicted octanol–water partition coefficient (Wildman–Crippen LogP) is 4.12. The fourth-order valence-electron chi connectivity index (χ4n) is 3.17. The smallest absolute Gasteiger partial charge is 0.243 e. The quantitative estimate of drug-likeness (QED) is 0.580. The van der Waals surface area contributed by atoms with Crippen molar-refractivity contribution in [3.8, 4) is 5.75 Å². The lowest BCUT2D eigenvalue weighted by molar-refractivity contribution is -0.121. The van der Waals surface area contributed by atoms with Crippen LogP contribution in [0.1, 0.15) is 37.8 Å². The summed E-state index contributed by atoms with van der Waals surface area (Å²) in [5.74, 6) is 0.683. The Balaban J connectivity index is 2.05. The summed E-state index contributed by atoms with van der Waals surface area (Å²) >= 11 is 6.05. The second-order valence-electron chi connectivity index (χ2n) is 7.50. The standard InChI is InChI=1S/C22H29ClN2O4S/c1-15(2)19-8-6-7-9-21(19)29-13-12-24-22(26)17(4)25(30(5,27)28)20-14-18(23)11-10-16(20)3/h6-11,14-15,17H,12-13H2,1-5H3,(H,24,26)/t17-/m0/s1. The van der Waals surface area contributed by atoms with Crippen LogP contribution in [0, 0.1) is 6.92 Å². The number of nitrogens with zero attached hydrogens (tertiary/aromatic N) is 1. The molecule has 0 heterocycles. The summed E-state index contributed by atoms with van der Waals surface area (Å²) < 4.78 is 31.8. The van der Waals surface area contributed by atoms with Gasteiger partial charge < -0.3 is 10.1 Å². The first kappa shape index (κ1) is 24.0. The molecule has 0 saturated carbocycles. The average molecular weight is 453 g/mol. The Morgan fingerprint density at radius 2 is 1.83 bits per heavy atom. The van der Waals surface area contributed by atoms with Crippen molar-refractivity contribution in [2.24, 2.45) is 0 Å². The number of para-hydroxylation sites is 1. The van der Waals surface area contributed by atoms with Gasteiger partial charge in [-0.15, -0.1) is 0 Å². The largest absolute Gasteiger partial charge is 0.491 e. The van der Waals surface area contributed by atoms with Crippen LogP contribution >= 0.6 is 11.6 Å². The van der Waals surface area contributed by atoms with E-state index in [1.54, 1.807) is 32.0 Å². The Labute approximate surface area is 184 Å². The highest BCUT2D eigenvalue weighted by molar-refractivity contribution is 7.92. The highest BCUT2D eigenvalue weighted by Crippen LogP contribution is 2.28. The van der Waals surface area contributed by atoms with Gasteiger partial charge in [-0.3, -0.25) is 9.10 Å². The molecule has 2 aromatic carbocycles. The minimum atomic E-state index is -3.71. The third-order valence-corrected chi connectivity index (χ3v) is 6.16. The molecular weight excluding hydrogens is 424 g/mol. The van der Waals surface area contributed by atoms with Gasteiger partial charge in [-0.05, 0) is 49.1 Å². The number of carbonyl (C=O) groups is 1. The molecule has 0 radical (unpaired) electrons. The highest BCUT2D eigenvalue weighted by atomic mass is 35.5. The number of hydrogen-bond acceptors (Lipinski definition) is 4. The molecule has 0 saturated heterocycles. The molecule has 8 heteroatoms. The molecule has 0 aromatic heterocycles. The number of anilines is 1. The van der Waals surface area contributed by atoms with Crippen LogP contribution in [0.4, 0.5) is 5.69 Å². The normalized spacial score (nSPS) is 12.5. The molecule has 30 heavy (non-hydrogen) atoms. The number of aryl methyl sites for hydroxylation is 1. The number of halogens is 1. The number of ether oxygens (including phenoxy) is 1. The molecule has 6 nitrogen and oxygen atoms in total. The molecule has 1 atom stereocenters. The zero-order chi connectivity index (χ0) is 22.5. The Morgan fingerprint density at radius 3 is 2.47 bits per heavy atom. The third-order valence-electron chi connectivity index (χ3n) is 4.70. The Kier molecular flexibility index (Phi) is 8.15. The first-order valence-electron chi connectivity index (χ1n) is 9.77. The van der Waals surface area contributed by atoms with E-state index in [0.29, 0.717) is 22.2 Å². The zero-order valence-corrected chi connectivity index (χ0v) is 19.5. The van der Waals surface area contributed by atoms with Crippen molar-refractivity contribution in [2.45, 2.75) is 39.7 Å². The second kappa shape index (κ2) is 10.2. The molecule has 0 spiro atoms. The van der Waals surface area contributed by atoms with E-state index >= 15 is 0 Å². The Morgan fingerprint density at radius 1 is 1.17 bits per heavy atom. The Bertz CT molecular complexity index is 992. The third kappa shape index (κ3) is 6.12. The van der Waals surface area contributed by atoms with E-state index in [4.69, 9.17) is 16.3 Å². The molecule has 0 bridgehead atoms. The molecule has 2 aromatic rings. The van der Waals surface area contributed by atoms with Gasteiger partial charge in [-0.1, -0.05) is 49.7 Å². The van der Waals surface area contributed by atoms with Crippen molar-refractivity contribution < 1.29 is 17.9 Å². The van der Waals surface area contributed by atoms with Gasteiger partial charge in [0.05, 0.1) is 18.5 Å². The summed E-state index contributed by atoms with van der Waals surface area (Å²) in [7, 11) is -3.71. The van der Waals surface area contributed by atoms with Crippen molar-refractivity contribution >= 4 is 33.2 Å². The maximum absolute atomic E-state index is 12.7. The molecule has 0 aliphatic rings. The van der Waals surface area contributed by atoms with Gasteiger partial charge >= 0.3 is 0 Å². The minimum absolute atomic E-state index is 0.252. The van der Waals surface area contributed by atoms with Crippen molar-refractivity contribution in [1.29, 1.82) is 0 Å². The lowest BCUT2D eigenvalue weighted by atomic mass is 10.0. The van der Waals surface area contributed by atoms with Gasteiger partial charge in [0, 0.05) is 5.02 Å². The van der Waals surface area contributed by atoms with Crippen molar-refractivity contribution in [1.82, 2.24) is 5.32 Å². The van der Waals surface area contributed by atoms with Crippen LogP contribution in [-0.4, -0.2) is 39.8 Å². The van der Waals surface area contributed by atoms with Gasteiger partial charge in [-0.25, -0.2) is 8.42 Å². The Hall–Kier alpha value is -2.25. The minimum Gasteiger partial charge on any atom is -0.491 e. The van der Waals surface area contributed by atoms with Crippen LogP contribution in [-0.2, 0) is 14.8 Å². The van der Waals surface area contributed by atoms with Crippen molar-refractivity contribution in [2.75, 3.05) is 23.7 Å². The molecule has 0 aliphatic heterocycles. The number of carbonyl (C=O) groups excluding carboxylic acids is 1. The molecule has 0 aliphatic carbocycles. The fraction of sp³-hybridized carbons (Fsp3) is 0.409. The van der Waals surface area contributed by atoms with E-state index in [1.807, 2.05) is 24.3 Å². The predicted molar refractivity (Wildman–Crippen MR) is 122 cm³/mol. The molecule has 164 valence electrons. The number of sulfonamides is 1. The number of benzene rings is 2. The van der Waals surface area contributed by atoms with Crippen LogP contribution in [0.2, 0.25) is 5.02 Å². The van der Waals surface area contributed by atoms with Crippen molar-refractivity contribution in [3.05, 3.63) is 58.6 Å². The van der Waals surface area contributed by atoms with E-state index in [1.165, 1.54) is 0 Å². The molecule has 2 rings (SSSR count). The maximum atomic E-state index is 12.7. The molecule has 0 fully saturated rings. The van der Waals surface area contributed by atoms with Gasteiger partial charge in [-0.2, -0.15) is 0 Å². The fourth-order valence-corrected chi connectivity index (χ4v) is 4.56. The maximum Gasteiger partial charge on any atom is 0.243 e. The van der Waals surface area contributed by atoms with Crippen LogP contribution in [0.5, 0.6) is 5.75 Å². The lowest BCUT2D eigenvalue weighted by Gasteiger charge is -2.29. The van der Waals surface area contributed by atoms with E-state index in [9.17, 15) is 13.2 Å². The van der Waals surface area contributed by atoms with E-state index < -0.39 is 22.0 Å². The topological polar surface area (TPSA) is 75.7 Å². The summed E-state index contributed by atoms with van der Waals surface area (Å²) in [4.78, 5) is 12.7. The average Bonchev–Trinajstić information content (AvgIpc) is 2.67. The van der Waals surface area contributed by atoms with Crippen molar-refractivity contribution in [3.63, 3.8) is 0 Å². The number of hydrogen-bond donors (Lipinski definition) is 1. The van der Waals surface area contributed by atoms with Gasteiger partial charge in [0.1, 0.15) is 18.4 Å². The summed E-state index contributed by atoms with van der Waals surface area (Å²) in [5, 5.41) is 3.15. The molecular formula is C22H29ClN2O4S. The summed E-state index contributed by atoms with van der Waals surface area (Å²) in [6, 6.07) is 11.8. The van der Waals surface area contributed by atoms with Gasteiger partial charge in [0.25, 0.3) is 0 Å². The van der Waals surface area contributed by atoms with Crippen LogP contribution in [0.15, 0.2) is 42.5 Å². The number of rotatable bonds is 9. The SMILES string of the molecule is Cc1ccc(Cl)cc1N([C@@H](C)C(=O)NCCOc1ccccc1C(C)C)S(C)(=O)=O. The first-order valence-corrected chi connectivity index (χ1v) is 12.0. The summed E-state index contributed by atoms with van der Waals surface area (Å²) in [5.41, 5.74) is 2.18. The van der Waals surface area contributed by atoms with E-state index in [2.05, 4.69) is 19.2 Å². The number of nitrogens with one attached hydrogen (secondary N) is 1. The lowest BCUT2D eigenvalue weighted by Crippen LogP contribution is -2.48. The van der Waals surface area contributed by atoms with Crippen LogP contribution < -0.4 is 14.4 Å². The van der Waals surface area contributed by atoms with Gasteiger partial charge in [0.2, 0.25) is 15.9 Å². The zero-order valence-electron chi connectivity index (χ0n) is 18.0. The monoisotopic (exact) mass is 452 g/mol. The molecule has 1 N–H and O–H groups in total. The molecule has 1 amide bonds. The van der Waals surface area contributed by atoms with Crippen LogP contribution in [0.25, 0.3) is 0 Å². The first-order chi connectivity index (χ1) is 14.0. The number of amides is 1. The summed E-state index contributed by atoms with van der Waals surface area (Å²) in [6.07, 6.45) is 1.07. The summed E-state index contributed by atoms with van der Waals surface area (Å²) in [6.45, 7) is 8.02. The molecule has 0 unspecified atom stereocenters. The second-order valence-corrected chi connectivity index (χ2v) is 9.79. The van der Waals surface area contributed by atoms with E-state index in [-0.39, 0.29) is 13.2 Å². The van der Waals surface area contributed by atoms with Gasteiger partial charge in [0.15, 0.2) is 0 Å².